The van der Waals surface area contributed by atoms with E-state index in [1.165, 1.54) is 12.3 Å². The van der Waals surface area contributed by atoms with Crippen LogP contribution in [0, 0.1) is 5.82 Å². The van der Waals surface area contributed by atoms with E-state index in [4.69, 9.17) is 5.73 Å². The first-order valence-corrected chi connectivity index (χ1v) is 9.51. The normalized spacial score (nSPS) is 21.1. The first-order valence-electron chi connectivity index (χ1n) is 6.40. The molecule has 0 amide bonds. The number of nitrogens with zero attached hydrogens (tertiary/aromatic N) is 1. The number of sulfone groups is 1. The predicted molar refractivity (Wildman–Crippen MR) is 80.7 cm³/mol. The Balaban J connectivity index is 2.23. The Kier molecular flexibility index (Phi) is 5.06. The van der Waals surface area contributed by atoms with Crippen LogP contribution in [0.25, 0.3) is 0 Å². The fraction of sp³-hybridized carbons (Fsp3) is 0.538. The summed E-state index contributed by atoms with van der Waals surface area (Å²) in [4.78, 5) is 1.84. The summed E-state index contributed by atoms with van der Waals surface area (Å²) < 4.78 is 37.5. The molecule has 0 bridgehead atoms. The van der Waals surface area contributed by atoms with Crippen molar-refractivity contribution in [3.8, 4) is 0 Å². The van der Waals surface area contributed by atoms with Crippen LogP contribution in [-0.4, -0.2) is 43.0 Å². The van der Waals surface area contributed by atoms with Gasteiger partial charge in [0.1, 0.15) is 11.2 Å². The highest BCUT2D eigenvalue weighted by atomic mass is 32.2. The third-order valence-corrected chi connectivity index (χ3v) is 6.09. The van der Waals surface area contributed by atoms with Crippen LogP contribution in [0.4, 0.5) is 4.39 Å². The van der Waals surface area contributed by atoms with E-state index in [9.17, 15) is 12.8 Å². The van der Waals surface area contributed by atoms with Gasteiger partial charge >= 0.3 is 0 Å². The lowest BCUT2D eigenvalue weighted by Gasteiger charge is -2.34. The molecule has 1 fully saturated rings. The highest BCUT2D eigenvalue weighted by molar-refractivity contribution is 8.00. The maximum Gasteiger partial charge on any atom is 0.164 e. The van der Waals surface area contributed by atoms with Gasteiger partial charge in [0.05, 0.1) is 0 Å². The largest absolute Gasteiger partial charge is 0.326 e. The first-order chi connectivity index (χ1) is 9.41. The van der Waals surface area contributed by atoms with Gasteiger partial charge in [0, 0.05) is 43.0 Å². The summed E-state index contributed by atoms with van der Waals surface area (Å²) in [6.45, 7) is 1.30. The molecule has 0 aliphatic carbocycles. The van der Waals surface area contributed by atoms with E-state index < -0.39 is 15.2 Å². The molecule has 1 aliphatic heterocycles. The molecule has 2 rings (SSSR count). The third-order valence-electron chi connectivity index (χ3n) is 3.40. The summed E-state index contributed by atoms with van der Waals surface area (Å²) in [7, 11) is -3.17. The fourth-order valence-electron chi connectivity index (χ4n) is 2.29. The van der Waals surface area contributed by atoms with Crippen molar-refractivity contribution < 1.29 is 12.8 Å². The minimum absolute atomic E-state index is 0.304. The van der Waals surface area contributed by atoms with E-state index in [1.54, 1.807) is 23.9 Å². The molecule has 1 unspecified atom stereocenters. The molecule has 1 atom stereocenters. The summed E-state index contributed by atoms with van der Waals surface area (Å²) in [6, 6.07) is 4.76. The zero-order valence-corrected chi connectivity index (χ0v) is 13.0. The van der Waals surface area contributed by atoms with E-state index in [-0.39, 0.29) is 5.82 Å². The first kappa shape index (κ1) is 15.8. The van der Waals surface area contributed by atoms with Crippen molar-refractivity contribution in [3.05, 3.63) is 35.1 Å². The van der Waals surface area contributed by atoms with Gasteiger partial charge in [-0.05, 0) is 11.6 Å². The van der Waals surface area contributed by atoms with Crippen molar-refractivity contribution in [1.29, 1.82) is 0 Å². The number of hydrogen-bond donors (Lipinski definition) is 1. The van der Waals surface area contributed by atoms with Crippen LogP contribution in [0.15, 0.2) is 18.2 Å². The average Bonchev–Trinajstić information content (AvgIpc) is 2.41. The summed E-state index contributed by atoms with van der Waals surface area (Å²) >= 11 is 1.62. The summed E-state index contributed by atoms with van der Waals surface area (Å²) in [5.74, 6) is 1.09. The number of benzene rings is 1. The smallest absolute Gasteiger partial charge is 0.164 e. The van der Waals surface area contributed by atoms with Gasteiger partial charge in [-0.3, -0.25) is 4.90 Å². The minimum atomic E-state index is -3.17. The number of hydrogen-bond acceptors (Lipinski definition) is 5. The Labute approximate surface area is 123 Å². The second-order valence-corrected chi connectivity index (χ2v) is 8.31. The van der Waals surface area contributed by atoms with Crippen LogP contribution in [0.2, 0.25) is 0 Å². The maximum absolute atomic E-state index is 13.9. The minimum Gasteiger partial charge on any atom is -0.326 e. The molecular weight excluding hydrogens is 299 g/mol. The quantitative estimate of drug-likeness (QED) is 0.904. The van der Waals surface area contributed by atoms with Crippen molar-refractivity contribution in [3.63, 3.8) is 0 Å². The van der Waals surface area contributed by atoms with Gasteiger partial charge in [0.25, 0.3) is 0 Å². The van der Waals surface area contributed by atoms with Gasteiger partial charge in [-0.25, -0.2) is 12.8 Å². The molecule has 0 radical (unpaired) electrons. The summed E-state index contributed by atoms with van der Waals surface area (Å²) in [5.41, 5.74) is 6.92. The standard InChI is InChI=1S/C13H19FN2O2S2/c1-20(17,18)13-9-19-5-4-16(13)8-11-6-10(7-15)2-3-12(11)14/h2-3,6,13H,4-5,7-9,15H2,1H3. The Morgan fingerprint density at radius 2 is 2.25 bits per heavy atom. The molecule has 1 saturated heterocycles. The van der Waals surface area contributed by atoms with Gasteiger partial charge < -0.3 is 5.73 Å². The summed E-state index contributed by atoms with van der Waals surface area (Å²) in [6.07, 6.45) is 1.24. The molecule has 112 valence electrons. The Morgan fingerprint density at radius 3 is 2.90 bits per heavy atom. The number of rotatable bonds is 4. The average molecular weight is 318 g/mol. The van der Waals surface area contributed by atoms with Gasteiger partial charge in [-0.15, -0.1) is 0 Å². The molecular formula is C13H19FN2O2S2. The lowest BCUT2D eigenvalue weighted by atomic mass is 10.1. The van der Waals surface area contributed by atoms with Crippen LogP contribution in [0.3, 0.4) is 0 Å². The fourth-order valence-corrected chi connectivity index (χ4v) is 5.23. The number of halogens is 1. The van der Waals surface area contributed by atoms with E-state index in [0.29, 0.717) is 31.0 Å². The molecule has 1 aromatic carbocycles. The maximum atomic E-state index is 13.9. The lowest BCUT2D eigenvalue weighted by molar-refractivity contribution is 0.258. The Hall–Kier alpha value is -0.630. The van der Waals surface area contributed by atoms with Crippen LogP contribution in [0.5, 0.6) is 0 Å². The van der Waals surface area contributed by atoms with E-state index >= 15 is 0 Å². The molecule has 7 heteroatoms. The van der Waals surface area contributed by atoms with Crippen LogP contribution >= 0.6 is 11.8 Å². The third kappa shape index (κ3) is 3.72. The van der Waals surface area contributed by atoms with E-state index in [2.05, 4.69) is 0 Å². The lowest BCUT2D eigenvalue weighted by Crippen LogP contribution is -2.46. The number of nitrogens with two attached hydrogens (primary N) is 1. The Morgan fingerprint density at radius 1 is 1.50 bits per heavy atom. The van der Waals surface area contributed by atoms with E-state index in [0.717, 1.165) is 11.3 Å². The SMILES string of the molecule is CS(=O)(=O)C1CSCCN1Cc1cc(CN)ccc1F. The molecule has 1 aliphatic rings. The van der Waals surface area contributed by atoms with Crippen LogP contribution < -0.4 is 5.73 Å². The van der Waals surface area contributed by atoms with Gasteiger partial charge in [0.15, 0.2) is 9.84 Å². The molecule has 0 spiro atoms. The molecule has 20 heavy (non-hydrogen) atoms. The van der Waals surface area contributed by atoms with Gasteiger partial charge in [-0.1, -0.05) is 12.1 Å². The van der Waals surface area contributed by atoms with Gasteiger partial charge in [0.2, 0.25) is 0 Å². The van der Waals surface area contributed by atoms with E-state index in [1.807, 2.05) is 4.90 Å². The molecule has 4 nitrogen and oxygen atoms in total. The van der Waals surface area contributed by atoms with Crippen molar-refractivity contribution in [2.24, 2.45) is 5.73 Å². The molecule has 1 aromatic rings. The van der Waals surface area contributed by atoms with Gasteiger partial charge in [-0.2, -0.15) is 11.8 Å². The topological polar surface area (TPSA) is 63.4 Å². The predicted octanol–water partition coefficient (Wildman–Crippen LogP) is 1.20. The summed E-state index contributed by atoms with van der Waals surface area (Å²) in [5, 5.41) is -0.540. The van der Waals surface area contributed by atoms with Crippen molar-refractivity contribution in [2.75, 3.05) is 24.3 Å². The number of thioether (sulfide) groups is 1. The van der Waals surface area contributed by atoms with Crippen molar-refractivity contribution in [2.45, 2.75) is 18.5 Å². The highest BCUT2D eigenvalue weighted by Gasteiger charge is 2.31. The van der Waals surface area contributed by atoms with Crippen molar-refractivity contribution in [1.82, 2.24) is 4.90 Å². The molecule has 1 heterocycles. The zero-order valence-electron chi connectivity index (χ0n) is 11.4. The van der Waals surface area contributed by atoms with Crippen LogP contribution in [-0.2, 0) is 22.9 Å². The Bertz CT molecular complexity index is 578. The molecule has 0 saturated carbocycles. The monoisotopic (exact) mass is 318 g/mol. The van der Waals surface area contributed by atoms with Crippen LogP contribution in [0.1, 0.15) is 11.1 Å². The zero-order chi connectivity index (χ0) is 14.8. The second kappa shape index (κ2) is 6.43. The highest BCUT2D eigenvalue weighted by Crippen LogP contribution is 2.23. The molecule has 0 aromatic heterocycles. The molecule has 2 N–H and O–H groups in total. The van der Waals surface area contributed by atoms with Crippen molar-refractivity contribution >= 4 is 21.6 Å². The second-order valence-electron chi connectivity index (χ2n) is 4.96.